The van der Waals surface area contributed by atoms with E-state index in [0.29, 0.717) is 17.1 Å². The quantitative estimate of drug-likeness (QED) is 0.798. The summed E-state index contributed by atoms with van der Waals surface area (Å²) < 4.78 is 4.52. The number of rotatable bonds is 4. The van der Waals surface area contributed by atoms with Gasteiger partial charge in [0, 0.05) is 6.54 Å². The average molecular weight is 242 g/mol. The standard InChI is InChI=1S/C10H14N2O3S/c1-3-12(6-8(13)15-2)10(14)9-7(11)4-5-16-9/h4-5H,3,6,11H2,1-2H3. The van der Waals surface area contributed by atoms with Gasteiger partial charge in [0.1, 0.15) is 11.4 Å². The molecule has 16 heavy (non-hydrogen) atoms. The molecule has 0 aliphatic heterocycles. The van der Waals surface area contributed by atoms with Gasteiger partial charge in [0.15, 0.2) is 0 Å². The van der Waals surface area contributed by atoms with E-state index in [1.165, 1.54) is 23.3 Å². The molecule has 2 N–H and O–H groups in total. The normalized spacial score (nSPS) is 9.88. The zero-order valence-electron chi connectivity index (χ0n) is 9.23. The highest BCUT2D eigenvalue weighted by molar-refractivity contribution is 7.12. The molecule has 0 radical (unpaired) electrons. The SMILES string of the molecule is CCN(CC(=O)OC)C(=O)c1sccc1N. The lowest BCUT2D eigenvalue weighted by Crippen LogP contribution is -2.35. The Morgan fingerprint density at radius 1 is 1.56 bits per heavy atom. The lowest BCUT2D eigenvalue weighted by Gasteiger charge is -2.18. The molecular formula is C10H14N2O3S. The van der Waals surface area contributed by atoms with Crippen molar-refractivity contribution < 1.29 is 14.3 Å². The second-order valence-electron chi connectivity index (χ2n) is 3.10. The fraction of sp³-hybridized carbons (Fsp3) is 0.400. The first-order chi connectivity index (χ1) is 7.60. The minimum absolute atomic E-state index is 0.0524. The summed E-state index contributed by atoms with van der Waals surface area (Å²) in [7, 11) is 1.29. The molecule has 0 saturated carbocycles. The molecule has 88 valence electrons. The number of thiophene rings is 1. The number of methoxy groups -OCH3 is 1. The molecule has 0 spiro atoms. The lowest BCUT2D eigenvalue weighted by atomic mass is 10.3. The third-order valence-electron chi connectivity index (χ3n) is 2.11. The number of nitrogen functional groups attached to an aromatic ring is 1. The summed E-state index contributed by atoms with van der Waals surface area (Å²) in [6.45, 7) is 2.18. The Kier molecular flexibility index (Phi) is 4.30. The van der Waals surface area contributed by atoms with Gasteiger partial charge in [0.2, 0.25) is 0 Å². The van der Waals surface area contributed by atoms with Gasteiger partial charge in [0.25, 0.3) is 5.91 Å². The molecule has 0 aromatic carbocycles. The van der Waals surface area contributed by atoms with Crippen LogP contribution in [0.25, 0.3) is 0 Å². The number of hydrogen-bond donors (Lipinski definition) is 1. The van der Waals surface area contributed by atoms with Gasteiger partial charge in [-0.3, -0.25) is 9.59 Å². The first-order valence-corrected chi connectivity index (χ1v) is 5.67. The third-order valence-corrected chi connectivity index (χ3v) is 3.02. The summed E-state index contributed by atoms with van der Waals surface area (Å²) in [4.78, 5) is 24.9. The first kappa shape index (κ1) is 12.5. The van der Waals surface area contributed by atoms with Crippen molar-refractivity contribution in [1.29, 1.82) is 0 Å². The Hall–Kier alpha value is -1.56. The molecule has 5 nitrogen and oxygen atoms in total. The van der Waals surface area contributed by atoms with Crippen molar-refractivity contribution in [1.82, 2.24) is 4.90 Å². The summed E-state index contributed by atoms with van der Waals surface area (Å²) in [6.07, 6.45) is 0. The van der Waals surface area contributed by atoms with Crippen LogP contribution in [0.4, 0.5) is 5.69 Å². The van der Waals surface area contributed by atoms with Crippen LogP contribution < -0.4 is 5.73 Å². The van der Waals surface area contributed by atoms with E-state index in [4.69, 9.17) is 5.73 Å². The largest absolute Gasteiger partial charge is 0.468 e. The maximum atomic E-state index is 12.0. The van der Waals surface area contributed by atoms with Crippen molar-refractivity contribution >= 4 is 28.9 Å². The molecule has 0 fully saturated rings. The zero-order chi connectivity index (χ0) is 12.1. The number of nitrogens with zero attached hydrogens (tertiary/aromatic N) is 1. The van der Waals surface area contributed by atoms with Crippen LogP contribution in [0.15, 0.2) is 11.4 Å². The number of anilines is 1. The molecule has 0 aliphatic rings. The van der Waals surface area contributed by atoms with Crippen LogP contribution in [0.5, 0.6) is 0 Å². The van der Waals surface area contributed by atoms with Gasteiger partial charge < -0.3 is 15.4 Å². The van der Waals surface area contributed by atoms with Crippen molar-refractivity contribution in [3.8, 4) is 0 Å². The van der Waals surface area contributed by atoms with Gasteiger partial charge in [-0.15, -0.1) is 11.3 Å². The number of amides is 1. The number of ether oxygens (including phenoxy) is 1. The van der Waals surface area contributed by atoms with Gasteiger partial charge >= 0.3 is 5.97 Å². The number of esters is 1. The number of nitrogens with two attached hydrogens (primary N) is 1. The van der Waals surface area contributed by atoms with E-state index in [0.717, 1.165) is 0 Å². The first-order valence-electron chi connectivity index (χ1n) is 4.79. The van der Waals surface area contributed by atoms with Crippen LogP contribution in [0.3, 0.4) is 0 Å². The van der Waals surface area contributed by atoms with Crippen molar-refractivity contribution in [2.75, 3.05) is 25.9 Å². The fourth-order valence-corrected chi connectivity index (χ4v) is 1.97. The van der Waals surface area contributed by atoms with E-state index in [1.54, 1.807) is 18.4 Å². The predicted molar refractivity (Wildman–Crippen MR) is 62.3 cm³/mol. The highest BCUT2D eigenvalue weighted by Gasteiger charge is 2.20. The highest BCUT2D eigenvalue weighted by Crippen LogP contribution is 2.20. The number of carbonyl (C=O) groups excluding carboxylic acids is 2. The van der Waals surface area contributed by atoms with E-state index in [1.807, 2.05) is 0 Å². The minimum Gasteiger partial charge on any atom is -0.468 e. The smallest absolute Gasteiger partial charge is 0.325 e. The van der Waals surface area contributed by atoms with Gasteiger partial charge in [0.05, 0.1) is 12.8 Å². The third kappa shape index (κ3) is 2.73. The molecular weight excluding hydrogens is 228 g/mol. The molecule has 1 aromatic rings. The molecule has 0 bridgehead atoms. The van der Waals surface area contributed by atoms with Gasteiger partial charge in [-0.05, 0) is 18.4 Å². The molecule has 0 unspecified atom stereocenters. The number of hydrogen-bond acceptors (Lipinski definition) is 5. The van der Waals surface area contributed by atoms with Crippen molar-refractivity contribution in [3.63, 3.8) is 0 Å². The Bertz CT molecular complexity index is 389. The van der Waals surface area contributed by atoms with Crippen molar-refractivity contribution in [2.45, 2.75) is 6.92 Å². The fourth-order valence-electron chi connectivity index (χ4n) is 1.18. The molecule has 1 aromatic heterocycles. The van der Waals surface area contributed by atoms with Crippen LogP contribution >= 0.6 is 11.3 Å². The van der Waals surface area contributed by atoms with Crippen LogP contribution in [0.2, 0.25) is 0 Å². The van der Waals surface area contributed by atoms with Crippen LogP contribution in [0, 0.1) is 0 Å². The monoisotopic (exact) mass is 242 g/mol. The van der Waals surface area contributed by atoms with Gasteiger partial charge in [-0.1, -0.05) is 0 Å². The molecule has 0 atom stereocenters. The maximum Gasteiger partial charge on any atom is 0.325 e. The lowest BCUT2D eigenvalue weighted by molar-refractivity contribution is -0.141. The van der Waals surface area contributed by atoms with Gasteiger partial charge in [-0.2, -0.15) is 0 Å². The highest BCUT2D eigenvalue weighted by atomic mass is 32.1. The number of likely N-dealkylation sites (N-methyl/N-ethyl adjacent to an activating group) is 1. The second-order valence-corrected chi connectivity index (χ2v) is 4.02. The van der Waals surface area contributed by atoms with Crippen molar-refractivity contribution in [3.05, 3.63) is 16.3 Å². The average Bonchev–Trinajstić information content (AvgIpc) is 2.71. The van der Waals surface area contributed by atoms with Crippen LogP contribution in [0.1, 0.15) is 16.6 Å². The van der Waals surface area contributed by atoms with E-state index in [9.17, 15) is 9.59 Å². The Morgan fingerprint density at radius 2 is 2.25 bits per heavy atom. The van der Waals surface area contributed by atoms with E-state index >= 15 is 0 Å². The van der Waals surface area contributed by atoms with Crippen LogP contribution in [-0.2, 0) is 9.53 Å². The Balaban J connectivity index is 2.78. The molecule has 0 aliphatic carbocycles. The second kappa shape index (κ2) is 5.50. The summed E-state index contributed by atoms with van der Waals surface area (Å²) in [6, 6.07) is 1.67. The molecule has 1 amide bonds. The summed E-state index contributed by atoms with van der Waals surface area (Å²) in [5, 5.41) is 1.74. The summed E-state index contributed by atoms with van der Waals surface area (Å²) >= 11 is 1.27. The summed E-state index contributed by atoms with van der Waals surface area (Å²) in [5.41, 5.74) is 6.09. The van der Waals surface area contributed by atoms with E-state index in [2.05, 4.69) is 4.74 Å². The Morgan fingerprint density at radius 3 is 2.69 bits per heavy atom. The van der Waals surface area contributed by atoms with Crippen molar-refractivity contribution in [2.24, 2.45) is 0 Å². The topological polar surface area (TPSA) is 72.6 Å². The molecule has 1 heterocycles. The number of carbonyl (C=O) groups is 2. The maximum absolute atomic E-state index is 12.0. The van der Waals surface area contributed by atoms with E-state index < -0.39 is 5.97 Å². The molecule has 6 heteroatoms. The Labute approximate surface area is 97.8 Å². The molecule has 1 rings (SSSR count). The van der Waals surface area contributed by atoms with Gasteiger partial charge in [-0.25, -0.2) is 0 Å². The molecule has 0 saturated heterocycles. The predicted octanol–water partition coefficient (Wildman–Crippen LogP) is 0.965. The summed E-state index contributed by atoms with van der Waals surface area (Å²) in [5.74, 6) is -0.675. The van der Waals surface area contributed by atoms with E-state index in [-0.39, 0.29) is 12.5 Å². The zero-order valence-corrected chi connectivity index (χ0v) is 10.0. The van der Waals surface area contributed by atoms with Crippen LogP contribution in [-0.4, -0.2) is 37.0 Å². The minimum atomic E-state index is -0.440.